The summed E-state index contributed by atoms with van der Waals surface area (Å²) in [6, 6.07) is 9.32. The van der Waals surface area contributed by atoms with Crippen molar-refractivity contribution in [2.24, 2.45) is 7.05 Å². The van der Waals surface area contributed by atoms with Gasteiger partial charge in [-0.15, -0.1) is 5.92 Å². The van der Waals surface area contributed by atoms with Crippen LogP contribution in [0.3, 0.4) is 0 Å². The fourth-order valence-electron chi connectivity index (χ4n) is 5.09. The number of aromatic nitrogens is 4. The highest BCUT2D eigenvalue weighted by molar-refractivity contribution is 5.77. The number of carbonyl (C=O) groups excluding carboxylic acids is 1. The van der Waals surface area contributed by atoms with Crippen molar-refractivity contribution in [3.05, 3.63) is 91.9 Å². The molecule has 4 aromatic rings. The molecule has 5 rings (SSSR count). The minimum atomic E-state index is -1.07. The van der Waals surface area contributed by atoms with E-state index in [4.69, 9.17) is 0 Å². The Bertz CT molecular complexity index is 1820. The van der Waals surface area contributed by atoms with Crippen molar-refractivity contribution in [3.63, 3.8) is 0 Å². The molecule has 2 aromatic carbocycles. The summed E-state index contributed by atoms with van der Waals surface area (Å²) in [6.07, 6.45) is 0.811. The summed E-state index contributed by atoms with van der Waals surface area (Å²) in [6.45, 7) is 3.32. The zero-order chi connectivity index (χ0) is 30.0. The second kappa shape index (κ2) is 12.0. The summed E-state index contributed by atoms with van der Waals surface area (Å²) in [4.78, 5) is 48.1. The molecule has 1 aliphatic heterocycles. The number of aryl methyl sites for hydroxylation is 2. The Morgan fingerprint density at radius 1 is 0.929 bits per heavy atom. The number of hydrogen-bond acceptors (Lipinski definition) is 5. The van der Waals surface area contributed by atoms with Crippen LogP contribution in [-0.4, -0.2) is 55.7 Å². The fourth-order valence-corrected chi connectivity index (χ4v) is 5.09. The van der Waals surface area contributed by atoms with Crippen molar-refractivity contribution in [1.82, 2.24) is 23.6 Å². The predicted octanol–water partition coefficient (Wildman–Crippen LogP) is 2.67. The van der Waals surface area contributed by atoms with E-state index in [1.807, 2.05) is 4.90 Å². The van der Waals surface area contributed by atoms with Crippen LogP contribution in [0.25, 0.3) is 11.2 Å². The average molecular weight is 579 g/mol. The van der Waals surface area contributed by atoms with E-state index in [2.05, 4.69) is 16.8 Å². The molecule has 0 N–H and O–H groups in total. The Hall–Kier alpha value is -4.79. The van der Waals surface area contributed by atoms with Gasteiger partial charge >= 0.3 is 5.69 Å². The first-order valence-electron chi connectivity index (χ1n) is 13.5. The molecule has 12 heteroatoms. The van der Waals surface area contributed by atoms with Gasteiger partial charge in [-0.25, -0.2) is 18.0 Å². The number of carbonyl (C=O) groups is 1. The van der Waals surface area contributed by atoms with E-state index in [-0.39, 0.29) is 41.5 Å². The van der Waals surface area contributed by atoms with E-state index in [0.717, 1.165) is 22.3 Å². The van der Waals surface area contributed by atoms with Gasteiger partial charge in [0, 0.05) is 39.6 Å². The normalized spacial score (nSPS) is 13.4. The zero-order valence-electron chi connectivity index (χ0n) is 23.2. The van der Waals surface area contributed by atoms with Gasteiger partial charge in [-0.1, -0.05) is 24.1 Å². The van der Waals surface area contributed by atoms with Gasteiger partial charge in [0.2, 0.25) is 11.9 Å². The summed E-state index contributed by atoms with van der Waals surface area (Å²) < 4.78 is 44.3. The minimum absolute atomic E-state index is 0.00756. The van der Waals surface area contributed by atoms with Gasteiger partial charge in [0.25, 0.3) is 5.56 Å². The lowest BCUT2D eigenvalue weighted by molar-refractivity contribution is -0.131. The van der Waals surface area contributed by atoms with Gasteiger partial charge < -0.3 is 9.80 Å². The van der Waals surface area contributed by atoms with Crippen molar-refractivity contribution in [1.29, 1.82) is 0 Å². The maximum atomic E-state index is 13.8. The van der Waals surface area contributed by atoms with Crippen LogP contribution in [-0.2, 0) is 31.4 Å². The number of anilines is 1. The number of hydrogen-bond donors (Lipinski definition) is 0. The SMILES string of the molecule is CC#CCn1c(N2CCN(C(=O)CCc3ccc(F)cc3)CC2)nc2c1c(=O)n(Cc1ccc(F)c(F)c1)c(=O)n2C. The number of halogens is 3. The van der Waals surface area contributed by atoms with Crippen molar-refractivity contribution in [2.45, 2.75) is 32.9 Å². The Kier molecular flexibility index (Phi) is 8.20. The minimum Gasteiger partial charge on any atom is -0.339 e. The molecular formula is C30H29F3N6O3. The second-order valence-corrected chi connectivity index (χ2v) is 10.1. The van der Waals surface area contributed by atoms with Crippen LogP contribution in [0.2, 0.25) is 0 Å². The van der Waals surface area contributed by atoms with Crippen LogP contribution in [0.4, 0.5) is 19.1 Å². The lowest BCUT2D eigenvalue weighted by Gasteiger charge is -2.35. The van der Waals surface area contributed by atoms with Crippen molar-refractivity contribution >= 4 is 23.0 Å². The van der Waals surface area contributed by atoms with Crippen LogP contribution in [0.5, 0.6) is 0 Å². The molecule has 0 aliphatic carbocycles. The van der Waals surface area contributed by atoms with Crippen LogP contribution in [0.1, 0.15) is 24.5 Å². The second-order valence-electron chi connectivity index (χ2n) is 10.1. The van der Waals surface area contributed by atoms with Crippen LogP contribution in [0.15, 0.2) is 52.1 Å². The number of rotatable bonds is 7. The molecule has 1 saturated heterocycles. The molecule has 218 valence electrons. The third kappa shape index (κ3) is 5.68. The first kappa shape index (κ1) is 28.7. The van der Waals surface area contributed by atoms with Gasteiger partial charge in [-0.05, 0) is 48.7 Å². The Morgan fingerprint density at radius 2 is 1.62 bits per heavy atom. The zero-order valence-corrected chi connectivity index (χ0v) is 23.2. The van der Waals surface area contributed by atoms with Crippen molar-refractivity contribution in [3.8, 4) is 11.8 Å². The van der Waals surface area contributed by atoms with E-state index < -0.39 is 22.9 Å². The Labute approximate surface area is 239 Å². The third-order valence-electron chi connectivity index (χ3n) is 7.41. The lowest BCUT2D eigenvalue weighted by atomic mass is 10.1. The molecule has 0 atom stereocenters. The molecule has 2 aromatic heterocycles. The van der Waals surface area contributed by atoms with E-state index in [1.54, 1.807) is 28.5 Å². The van der Waals surface area contributed by atoms with Crippen molar-refractivity contribution in [2.75, 3.05) is 31.1 Å². The molecule has 1 aliphatic rings. The maximum absolute atomic E-state index is 13.8. The first-order valence-corrected chi connectivity index (χ1v) is 13.5. The molecule has 9 nitrogen and oxygen atoms in total. The molecule has 42 heavy (non-hydrogen) atoms. The lowest BCUT2D eigenvalue weighted by Crippen LogP contribution is -2.49. The maximum Gasteiger partial charge on any atom is 0.332 e. The molecular weight excluding hydrogens is 549 g/mol. The molecule has 1 amide bonds. The summed E-state index contributed by atoms with van der Waals surface area (Å²) in [5, 5.41) is 0. The molecule has 1 fully saturated rings. The molecule has 0 radical (unpaired) electrons. The topological polar surface area (TPSA) is 85.4 Å². The largest absolute Gasteiger partial charge is 0.339 e. The molecule has 0 unspecified atom stereocenters. The number of benzene rings is 2. The molecule has 3 heterocycles. The summed E-state index contributed by atoms with van der Waals surface area (Å²) in [5.41, 5.74) is 0.213. The summed E-state index contributed by atoms with van der Waals surface area (Å²) in [5.74, 6) is 3.81. The Balaban J connectivity index is 1.41. The van der Waals surface area contributed by atoms with Gasteiger partial charge in [-0.2, -0.15) is 4.98 Å². The van der Waals surface area contributed by atoms with Crippen LogP contribution in [0, 0.1) is 29.3 Å². The number of fused-ring (bicyclic) bond motifs is 1. The van der Waals surface area contributed by atoms with Crippen molar-refractivity contribution < 1.29 is 18.0 Å². The van der Waals surface area contributed by atoms with E-state index >= 15 is 0 Å². The number of imidazole rings is 1. The highest BCUT2D eigenvalue weighted by Gasteiger charge is 2.27. The molecule has 0 bridgehead atoms. The third-order valence-corrected chi connectivity index (χ3v) is 7.41. The molecule has 0 saturated carbocycles. The monoisotopic (exact) mass is 578 g/mol. The van der Waals surface area contributed by atoms with E-state index in [1.165, 1.54) is 29.8 Å². The Morgan fingerprint density at radius 3 is 2.29 bits per heavy atom. The van der Waals surface area contributed by atoms with Gasteiger partial charge in [0.05, 0.1) is 13.1 Å². The number of nitrogens with zero attached hydrogens (tertiary/aromatic N) is 6. The van der Waals surface area contributed by atoms with Gasteiger partial charge in [0.15, 0.2) is 22.8 Å². The van der Waals surface area contributed by atoms with Crippen LogP contribution < -0.4 is 16.1 Å². The van der Waals surface area contributed by atoms with Crippen LogP contribution >= 0.6 is 0 Å². The fraction of sp³-hybridized carbons (Fsp3) is 0.333. The van der Waals surface area contributed by atoms with Gasteiger partial charge in [0.1, 0.15) is 5.82 Å². The number of piperazine rings is 1. The average Bonchev–Trinajstić information content (AvgIpc) is 3.38. The van der Waals surface area contributed by atoms with E-state index in [9.17, 15) is 27.6 Å². The highest BCUT2D eigenvalue weighted by Crippen LogP contribution is 2.22. The standard InChI is InChI=1S/C30H29F3N6O3/c1-3-4-13-38-26-27(35(2)30(42)39(28(26)41)19-21-7-11-23(32)24(33)18-21)34-29(38)37-16-14-36(15-17-37)25(40)12-8-20-5-9-22(31)10-6-20/h5-7,9-11,18H,8,12-17,19H2,1-2H3. The summed E-state index contributed by atoms with van der Waals surface area (Å²) in [7, 11) is 1.50. The number of amides is 1. The summed E-state index contributed by atoms with van der Waals surface area (Å²) >= 11 is 0. The van der Waals surface area contributed by atoms with Gasteiger partial charge in [-0.3, -0.25) is 23.3 Å². The quantitative estimate of drug-likeness (QED) is 0.315. The highest BCUT2D eigenvalue weighted by atomic mass is 19.2. The van der Waals surface area contributed by atoms with E-state index in [0.29, 0.717) is 45.0 Å². The first-order chi connectivity index (χ1) is 20.2. The smallest absolute Gasteiger partial charge is 0.332 e. The predicted molar refractivity (Wildman–Crippen MR) is 152 cm³/mol. The molecule has 0 spiro atoms.